The van der Waals surface area contributed by atoms with Crippen molar-refractivity contribution >= 4 is 5.91 Å². The van der Waals surface area contributed by atoms with Crippen LogP contribution >= 0.6 is 0 Å². The van der Waals surface area contributed by atoms with Crippen molar-refractivity contribution in [1.29, 1.82) is 5.26 Å². The van der Waals surface area contributed by atoms with E-state index < -0.39 is 0 Å². The molecule has 4 heteroatoms. The summed E-state index contributed by atoms with van der Waals surface area (Å²) in [6.07, 6.45) is -0.133. The van der Waals surface area contributed by atoms with Gasteiger partial charge >= 0.3 is 0 Å². The molecule has 0 aliphatic carbocycles. The second-order valence-electron chi connectivity index (χ2n) is 4.93. The number of rotatable bonds is 6. The van der Waals surface area contributed by atoms with Gasteiger partial charge in [0.25, 0.3) is 0 Å². The molecule has 2 aromatic rings. The van der Waals surface area contributed by atoms with E-state index in [1.54, 1.807) is 0 Å². The van der Waals surface area contributed by atoms with Gasteiger partial charge in [-0.05, 0) is 24.1 Å². The van der Waals surface area contributed by atoms with Gasteiger partial charge in [-0.15, -0.1) is 0 Å². The van der Waals surface area contributed by atoms with E-state index in [2.05, 4.69) is 5.32 Å². The molecule has 2 aromatic carbocycles. The minimum absolute atomic E-state index is 0.133. The number of carbonyl (C=O) groups is 1. The number of nitrogens with one attached hydrogen (secondary N) is 1. The Labute approximate surface area is 130 Å². The summed E-state index contributed by atoms with van der Waals surface area (Å²) in [7, 11) is 0. The Morgan fingerprint density at radius 1 is 1.14 bits per heavy atom. The minimum atomic E-state index is -0.281. The Balaban J connectivity index is 2.01. The third-order valence-corrected chi connectivity index (χ3v) is 3.33. The normalized spacial score (nSPS) is 9.82. The van der Waals surface area contributed by atoms with Gasteiger partial charge in [0.2, 0.25) is 5.91 Å². The molecule has 22 heavy (non-hydrogen) atoms. The third-order valence-electron chi connectivity index (χ3n) is 3.33. The molecule has 0 spiro atoms. The summed E-state index contributed by atoms with van der Waals surface area (Å²) >= 11 is 0. The van der Waals surface area contributed by atoms with Crippen LogP contribution in [-0.4, -0.2) is 5.91 Å². The van der Waals surface area contributed by atoms with Crippen molar-refractivity contribution in [1.82, 2.24) is 5.32 Å². The minimum Gasteiger partial charge on any atom is -0.489 e. The molecule has 0 bridgehead atoms. The van der Waals surface area contributed by atoms with E-state index in [1.165, 1.54) is 5.56 Å². The van der Waals surface area contributed by atoms with Crippen molar-refractivity contribution in [2.75, 3.05) is 0 Å². The molecular weight excluding hydrogens is 276 g/mol. The Bertz CT molecular complexity index is 689. The van der Waals surface area contributed by atoms with Crippen LogP contribution in [0, 0.1) is 18.3 Å². The van der Waals surface area contributed by atoms with Crippen LogP contribution < -0.4 is 10.1 Å². The fourth-order valence-electron chi connectivity index (χ4n) is 2.05. The largest absolute Gasteiger partial charge is 0.489 e. The Hall–Kier alpha value is -2.80. The molecular formula is C18H18N2O2. The number of nitrogens with zero attached hydrogens (tertiary/aromatic N) is 1. The average molecular weight is 294 g/mol. The van der Waals surface area contributed by atoms with Crippen LogP contribution in [0.5, 0.6) is 5.75 Å². The van der Waals surface area contributed by atoms with Crippen LogP contribution in [-0.2, 0) is 17.9 Å². The maximum Gasteiger partial charge on any atom is 0.234 e. The average Bonchev–Trinajstić information content (AvgIpc) is 2.53. The van der Waals surface area contributed by atoms with Crippen molar-refractivity contribution in [3.63, 3.8) is 0 Å². The quantitative estimate of drug-likeness (QED) is 0.890. The molecule has 2 rings (SSSR count). The van der Waals surface area contributed by atoms with Gasteiger partial charge in [0, 0.05) is 12.1 Å². The predicted octanol–water partition coefficient (Wildman–Crippen LogP) is 3.10. The monoisotopic (exact) mass is 294 g/mol. The number of hydrogen-bond donors (Lipinski definition) is 1. The van der Waals surface area contributed by atoms with Gasteiger partial charge in [0.05, 0.1) is 6.07 Å². The molecule has 0 fully saturated rings. The van der Waals surface area contributed by atoms with Crippen LogP contribution in [0.1, 0.15) is 23.1 Å². The highest BCUT2D eigenvalue weighted by Crippen LogP contribution is 2.20. The van der Waals surface area contributed by atoms with Gasteiger partial charge in [0.15, 0.2) is 0 Å². The van der Waals surface area contributed by atoms with Gasteiger partial charge < -0.3 is 10.1 Å². The van der Waals surface area contributed by atoms with E-state index in [-0.39, 0.29) is 12.3 Å². The molecule has 0 aliphatic heterocycles. The van der Waals surface area contributed by atoms with Gasteiger partial charge in [-0.25, -0.2) is 0 Å². The van der Waals surface area contributed by atoms with Crippen LogP contribution in [0.2, 0.25) is 0 Å². The van der Waals surface area contributed by atoms with E-state index in [4.69, 9.17) is 10.00 Å². The van der Waals surface area contributed by atoms with Crippen molar-refractivity contribution in [2.24, 2.45) is 0 Å². The third kappa shape index (κ3) is 4.35. The molecule has 0 aromatic heterocycles. The summed E-state index contributed by atoms with van der Waals surface area (Å²) in [5.74, 6) is 0.458. The summed E-state index contributed by atoms with van der Waals surface area (Å²) in [5, 5.41) is 11.2. The zero-order chi connectivity index (χ0) is 15.8. The van der Waals surface area contributed by atoms with Gasteiger partial charge in [0.1, 0.15) is 18.8 Å². The fourth-order valence-corrected chi connectivity index (χ4v) is 2.05. The number of nitriles is 1. The van der Waals surface area contributed by atoms with Crippen molar-refractivity contribution < 1.29 is 9.53 Å². The standard InChI is InChI=1S/C18H18N2O2/c1-14-6-2-3-8-16(14)13-22-17-9-5-4-7-15(17)12-20-18(21)10-11-19/h2-9H,10,12-13H2,1H3,(H,20,21). The highest BCUT2D eigenvalue weighted by molar-refractivity contribution is 5.78. The van der Waals surface area contributed by atoms with E-state index in [9.17, 15) is 4.79 Å². The zero-order valence-electron chi connectivity index (χ0n) is 12.5. The lowest BCUT2D eigenvalue weighted by Gasteiger charge is -2.13. The topological polar surface area (TPSA) is 62.1 Å². The molecule has 0 saturated carbocycles. The van der Waals surface area contributed by atoms with Crippen molar-refractivity contribution in [3.8, 4) is 11.8 Å². The zero-order valence-corrected chi connectivity index (χ0v) is 12.5. The summed E-state index contributed by atoms with van der Waals surface area (Å²) in [6, 6.07) is 17.5. The molecule has 0 unspecified atom stereocenters. The number of amides is 1. The lowest BCUT2D eigenvalue weighted by atomic mass is 10.1. The van der Waals surface area contributed by atoms with E-state index in [0.717, 1.165) is 16.9 Å². The maximum atomic E-state index is 11.4. The summed E-state index contributed by atoms with van der Waals surface area (Å²) in [6.45, 7) is 2.88. The van der Waals surface area contributed by atoms with Gasteiger partial charge in [-0.1, -0.05) is 42.5 Å². The first-order valence-electron chi connectivity index (χ1n) is 7.09. The molecule has 1 amide bonds. The number of hydrogen-bond acceptors (Lipinski definition) is 3. The van der Waals surface area contributed by atoms with Crippen LogP contribution in [0.4, 0.5) is 0 Å². The summed E-state index contributed by atoms with van der Waals surface area (Å²) in [4.78, 5) is 11.4. The first-order chi connectivity index (χ1) is 10.7. The predicted molar refractivity (Wildman–Crippen MR) is 84.0 cm³/mol. The number of benzene rings is 2. The Morgan fingerprint density at radius 2 is 1.82 bits per heavy atom. The van der Waals surface area contributed by atoms with Crippen molar-refractivity contribution in [2.45, 2.75) is 26.5 Å². The Kier molecular flexibility index (Phi) is 5.56. The van der Waals surface area contributed by atoms with Crippen molar-refractivity contribution in [3.05, 3.63) is 65.2 Å². The van der Waals surface area contributed by atoms with E-state index in [1.807, 2.05) is 61.5 Å². The second kappa shape index (κ2) is 7.84. The SMILES string of the molecule is Cc1ccccc1COc1ccccc1CNC(=O)CC#N. The first kappa shape index (κ1) is 15.6. The highest BCUT2D eigenvalue weighted by Gasteiger charge is 2.06. The second-order valence-corrected chi connectivity index (χ2v) is 4.93. The van der Waals surface area contributed by atoms with Gasteiger partial charge in [-0.3, -0.25) is 4.79 Å². The van der Waals surface area contributed by atoms with Crippen LogP contribution in [0.25, 0.3) is 0 Å². The molecule has 0 atom stereocenters. The number of carbonyl (C=O) groups excluding carboxylic acids is 1. The van der Waals surface area contributed by atoms with Crippen LogP contribution in [0.3, 0.4) is 0 Å². The lowest BCUT2D eigenvalue weighted by Crippen LogP contribution is -2.22. The van der Waals surface area contributed by atoms with E-state index >= 15 is 0 Å². The smallest absolute Gasteiger partial charge is 0.234 e. The summed E-state index contributed by atoms with van der Waals surface area (Å²) in [5.41, 5.74) is 3.20. The van der Waals surface area contributed by atoms with Gasteiger partial charge in [-0.2, -0.15) is 5.26 Å². The maximum absolute atomic E-state index is 11.4. The van der Waals surface area contributed by atoms with Crippen LogP contribution in [0.15, 0.2) is 48.5 Å². The summed E-state index contributed by atoms with van der Waals surface area (Å²) < 4.78 is 5.88. The van der Waals surface area contributed by atoms with E-state index in [0.29, 0.717) is 13.2 Å². The molecule has 0 aliphatic rings. The molecule has 1 N–H and O–H groups in total. The number of ether oxygens (including phenoxy) is 1. The highest BCUT2D eigenvalue weighted by atomic mass is 16.5. The lowest BCUT2D eigenvalue weighted by molar-refractivity contribution is -0.120. The Morgan fingerprint density at radius 3 is 2.55 bits per heavy atom. The fraction of sp³-hybridized carbons (Fsp3) is 0.222. The first-order valence-corrected chi connectivity index (χ1v) is 7.09. The number of aryl methyl sites for hydroxylation is 1. The molecule has 0 radical (unpaired) electrons. The molecule has 4 nitrogen and oxygen atoms in total. The number of para-hydroxylation sites is 1. The molecule has 0 saturated heterocycles. The molecule has 0 heterocycles. The molecule has 112 valence electrons.